The van der Waals surface area contributed by atoms with Gasteiger partial charge in [-0.15, -0.1) is 0 Å². The van der Waals surface area contributed by atoms with Crippen LogP contribution < -0.4 is 15.4 Å². The van der Waals surface area contributed by atoms with Crippen LogP contribution in [0.4, 0.5) is 0 Å². The zero-order valence-corrected chi connectivity index (χ0v) is 17.6. The average molecular weight is 392 g/mol. The third kappa shape index (κ3) is 7.76. The van der Waals surface area contributed by atoms with Crippen LogP contribution in [0.1, 0.15) is 38.3 Å². The smallest absolute Gasteiger partial charge is 0.325 e. The second-order valence-corrected chi connectivity index (χ2v) is 8.02. The molecule has 2 N–H and O–H groups in total. The summed E-state index contributed by atoms with van der Waals surface area (Å²) in [5.74, 6) is 1.52. The van der Waals surface area contributed by atoms with Crippen molar-refractivity contribution in [3.05, 3.63) is 29.3 Å². The number of nitrogens with zero attached hydrogens (tertiary/aromatic N) is 1. The number of carbonyl (C=O) groups is 1. The fourth-order valence-corrected chi connectivity index (χ4v) is 2.80. The summed E-state index contributed by atoms with van der Waals surface area (Å²) >= 11 is 0. The van der Waals surface area contributed by atoms with Crippen molar-refractivity contribution in [2.24, 2.45) is 10.9 Å². The maximum absolute atomic E-state index is 11.9. The van der Waals surface area contributed by atoms with E-state index in [4.69, 9.17) is 14.2 Å². The summed E-state index contributed by atoms with van der Waals surface area (Å²) in [4.78, 5) is 16.0. The summed E-state index contributed by atoms with van der Waals surface area (Å²) < 4.78 is 16.8. The van der Waals surface area contributed by atoms with Crippen molar-refractivity contribution in [3.8, 4) is 5.75 Å². The molecule has 1 aromatic carbocycles. The molecule has 0 radical (unpaired) electrons. The molecule has 1 aliphatic rings. The second-order valence-electron chi connectivity index (χ2n) is 8.02. The maximum atomic E-state index is 11.9. The first-order valence-electron chi connectivity index (χ1n) is 9.73. The van der Waals surface area contributed by atoms with Gasteiger partial charge >= 0.3 is 5.97 Å². The Morgan fingerprint density at radius 3 is 2.75 bits per heavy atom. The lowest BCUT2D eigenvalue weighted by Crippen LogP contribution is -2.41. The third-order valence-electron chi connectivity index (χ3n) is 4.21. The quantitative estimate of drug-likeness (QED) is 0.422. The van der Waals surface area contributed by atoms with Gasteiger partial charge in [-0.2, -0.15) is 0 Å². The number of esters is 1. The van der Waals surface area contributed by atoms with Crippen molar-refractivity contribution < 1.29 is 19.0 Å². The second kappa shape index (κ2) is 10.3. The van der Waals surface area contributed by atoms with Gasteiger partial charge in [0.25, 0.3) is 0 Å². The summed E-state index contributed by atoms with van der Waals surface area (Å²) in [5.41, 5.74) is 1.67. The van der Waals surface area contributed by atoms with E-state index in [2.05, 4.69) is 21.7 Å². The van der Waals surface area contributed by atoms with Crippen molar-refractivity contribution in [1.82, 2.24) is 10.6 Å². The number of aliphatic imine (C=N–C) groups is 1. The zero-order valence-electron chi connectivity index (χ0n) is 17.6. The molecule has 28 heavy (non-hydrogen) atoms. The van der Waals surface area contributed by atoms with Gasteiger partial charge in [0.2, 0.25) is 0 Å². The molecule has 1 fully saturated rings. The number of benzene rings is 1. The Morgan fingerprint density at radius 2 is 2.11 bits per heavy atom. The molecule has 156 valence electrons. The lowest BCUT2D eigenvalue weighted by Gasteiger charge is -2.20. The summed E-state index contributed by atoms with van der Waals surface area (Å²) in [5, 5.41) is 6.19. The van der Waals surface area contributed by atoms with Gasteiger partial charge in [-0.1, -0.05) is 12.1 Å². The maximum Gasteiger partial charge on any atom is 0.325 e. The number of carbonyl (C=O) groups excluding carboxylic acids is 1. The lowest BCUT2D eigenvalue weighted by molar-refractivity contribution is -0.153. The minimum Gasteiger partial charge on any atom is -0.493 e. The van der Waals surface area contributed by atoms with E-state index in [1.54, 1.807) is 7.05 Å². The Bertz CT molecular complexity index is 677. The van der Waals surface area contributed by atoms with Gasteiger partial charge in [0.1, 0.15) is 17.9 Å². The molecule has 0 aromatic heterocycles. The van der Waals surface area contributed by atoms with Crippen LogP contribution in [-0.4, -0.2) is 50.9 Å². The number of hydrogen-bond donors (Lipinski definition) is 2. The monoisotopic (exact) mass is 391 g/mol. The van der Waals surface area contributed by atoms with E-state index in [0.29, 0.717) is 25.0 Å². The van der Waals surface area contributed by atoms with Crippen molar-refractivity contribution in [1.29, 1.82) is 0 Å². The van der Waals surface area contributed by atoms with Crippen LogP contribution in [0.25, 0.3) is 0 Å². The highest BCUT2D eigenvalue weighted by atomic mass is 16.6. The van der Waals surface area contributed by atoms with Crippen molar-refractivity contribution in [3.63, 3.8) is 0 Å². The zero-order chi connectivity index (χ0) is 20.6. The first-order valence-corrected chi connectivity index (χ1v) is 9.73. The Kier molecular flexibility index (Phi) is 8.11. The Balaban J connectivity index is 1.88. The van der Waals surface area contributed by atoms with Gasteiger partial charge in [-0.05, 0) is 45.7 Å². The number of guanidine groups is 1. The predicted molar refractivity (Wildman–Crippen MR) is 110 cm³/mol. The van der Waals surface area contributed by atoms with E-state index in [1.807, 2.05) is 39.8 Å². The first-order chi connectivity index (χ1) is 13.3. The predicted octanol–water partition coefficient (Wildman–Crippen LogP) is 2.42. The third-order valence-corrected chi connectivity index (χ3v) is 4.21. The van der Waals surface area contributed by atoms with Gasteiger partial charge in [-0.25, -0.2) is 0 Å². The van der Waals surface area contributed by atoms with Gasteiger partial charge in [0.15, 0.2) is 5.96 Å². The highest BCUT2D eigenvalue weighted by Gasteiger charge is 2.18. The normalized spacial score (nSPS) is 17.3. The molecule has 1 heterocycles. The van der Waals surface area contributed by atoms with Gasteiger partial charge in [0.05, 0.1) is 13.2 Å². The number of nitrogens with one attached hydrogen (secondary N) is 2. The molecule has 0 spiro atoms. The fourth-order valence-electron chi connectivity index (χ4n) is 2.80. The lowest BCUT2D eigenvalue weighted by atomic mass is 10.1. The molecule has 7 heteroatoms. The summed E-state index contributed by atoms with van der Waals surface area (Å²) in [6.07, 6.45) is 1.04. The van der Waals surface area contributed by atoms with Gasteiger partial charge < -0.3 is 24.8 Å². The number of ether oxygens (including phenoxy) is 3. The van der Waals surface area contributed by atoms with Crippen LogP contribution in [0.15, 0.2) is 23.2 Å². The Labute approximate surface area is 167 Å². The van der Waals surface area contributed by atoms with E-state index in [9.17, 15) is 4.79 Å². The Hall–Kier alpha value is -2.28. The van der Waals surface area contributed by atoms with Crippen molar-refractivity contribution in [2.45, 2.75) is 46.3 Å². The topological polar surface area (TPSA) is 81.2 Å². The summed E-state index contributed by atoms with van der Waals surface area (Å²) in [6.45, 7) is 10.4. The number of hydrogen-bond acceptors (Lipinski definition) is 5. The molecule has 1 aromatic rings. The van der Waals surface area contributed by atoms with Crippen LogP contribution in [0.5, 0.6) is 5.75 Å². The molecule has 0 amide bonds. The van der Waals surface area contributed by atoms with Crippen LogP contribution >= 0.6 is 0 Å². The highest BCUT2D eigenvalue weighted by Crippen LogP contribution is 2.22. The molecule has 0 bridgehead atoms. The molecule has 7 nitrogen and oxygen atoms in total. The van der Waals surface area contributed by atoms with Crippen LogP contribution in [0.2, 0.25) is 0 Å². The molecule has 1 aliphatic heterocycles. The molecule has 0 aliphatic carbocycles. The average Bonchev–Trinajstić information content (AvgIpc) is 3.13. The molecular weight excluding hydrogens is 358 g/mol. The molecule has 1 saturated heterocycles. The molecule has 2 rings (SSSR count). The van der Waals surface area contributed by atoms with Crippen molar-refractivity contribution in [2.75, 3.05) is 33.4 Å². The van der Waals surface area contributed by atoms with E-state index < -0.39 is 5.60 Å². The van der Waals surface area contributed by atoms with Gasteiger partial charge in [0, 0.05) is 31.7 Å². The molecule has 0 saturated carbocycles. The standard InChI is InChI=1S/C21H33N3O4/c1-15-6-7-17(18(10-15)27-14-16-8-9-26-13-16)11-23-20(22-5)24-12-19(25)28-21(2,3)4/h6-7,10,16H,8-9,11-14H2,1-5H3,(H2,22,23,24). The van der Waals surface area contributed by atoms with E-state index in [-0.39, 0.29) is 12.5 Å². The molecule has 1 atom stereocenters. The molecular formula is C21H33N3O4. The van der Waals surface area contributed by atoms with Gasteiger partial charge in [-0.3, -0.25) is 9.79 Å². The van der Waals surface area contributed by atoms with Crippen LogP contribution in [-0.2, 0) is 20.8 Å². The molecule has 1 unspecified atom stereocenters. The highest BCUT2D eigenvalue weighted by molar-refractivity contribution is 5.84. The van der Waals surface area contributed by atoms with E-state index in [1.165, 1.54) is 0 Å². The van der Waals surface area contributed by atoms with E-state index in [0.717, 1.165) is 36.5 Å². The Morgan fingerprint density at radius 1 is 1.32 bits per heavy atom. The number of rotatable bonds is 7. The number of aryl methyl sites for hydroxylation is 1. The summed E-state index contributed by atoms with van der Waals surface area (Å²) in [6, 6.07) is 6.15. The van der Waals surface area contributed by atoms with Crippen molar-refractivity contribution >= 4 is 11.9 Å². The summed E-state index contributed by atoms with van der Waals surface area (Å²) in [7, 11) is 1.66. The first kappa shape index (κ1) is 22.0. The van der Waals surface area contributed by atoms with E-state index >= 15 is 0 Å². The van der Waals surface area contributed by atoms with Crippen LogP contribution in [0, 0.1) is 12.8 Å². The minimum absolute atomic E-state index is 0.0515. The van der Waals surface area contributed by atoms with Crippen LogP contribution in [0.3, 0.4) is 0 Å². The minimum atomic E-state index is -0.506. The fraction of sp³-hybridized carbons (Fsp3) is 0.619. The SMILES string of the molecule is CN=C(NCC(=O)OC(C)(C)C)NCc1ccc(C)cc1OCC1CCOC1. The largest absolute Gasteiger partial charge is 0.493 e.